The van der Waals surface area contributed by atoms with Crippen LogP contribution in [0.5, 0.6) is 0 Å². The van der Waals surface area contributed by atoms with Gasteiger partial charge in [-0.3, -0.25) is 9.69 Å². The van der Waals surface area contributed by atoms with E-state index in [1.54, 1.807) is 12.1 Å². The summed E-state index contributed by atoms with van der Waals surface area (Å²) in [6.07, 6.45) is 0. The summed E-state index contributed by atoms with van der Waals surface area (Å²) >= 11 is 0. The van der Waals surface area contributed by atoms with E-state index in [2.05, 4.69) is 12.0 Å². The number of ketones is 1. The third-order valence-electron chi connectivity index (χ3n) is 3.35. The van der Waals surface area contributed by atoms with Crippen molar-refractivity contribution in [2.75, 3.05) is 4.90 Å². The summed E-state index contributed by atoms with van der Waals surface area (Å²) in [6, 6.07) is 31.6. The largest absolute Gasteiger partial charge is 0.279 e. The first kappa shape index (κ1) is 14.6. The SMILES string of the molecule is O=C(C#CN(c1ccccc1)c1ccccc1)c1ccccc1. The molecular formula is C21H15NO. The lowest BCUT2D eigenvalue weighted by Gasteiger charge is -2.17. The summed E-state index contributed by atoms with van der Waals surface area (Å²) < 4.78 is 0. The zero-order valence-corrected chi connectivity index (χ0v) is 12.5. The highest BCUT2D eigenvalue weighted by atomic mass is 16.1. The standard InChI is InChI=1S/C21H15NO/c23-21(18-10-4-1-5-11-18)16-17-22(19-12-6-2-7-13-19)20-14-8-3-9-15-20/h1-15H. The smallest absolute Gasteiger partial charge is 0.237 e. The highest BCUT2D eigenvalue weighted by Crippen LogP contribution is 2.23. The second-order valence-corrected chi connectivity index (χ2v) is 4.94. The van der Waals surface area contributed by atoms with Gasteiger partial charge in [0.25, 0.3) is 0 Å². The zero-order chi connectivity index (χ0) is 15.9. The van der Waals surface area contributed by atoms with Crippen LogP contribution < -0.4 is 4.90 Å². The van der Waals surface area contributed by atoms with E-state index in [0.717, 1.165) is 11.4 Å². The highest BCUT2D eigenvalue weighted by molar-refractivity contribution is 6.09. The number of benzene rings is 3. The molecule has 0 aliphatic heterocycles. The average molecular weight is 297 g/mol. The van der Waals surface area contributed by atoms with Crippen molar-refractivity contribution in [1.29, 1.82) is 0 Å². The van der Waals surface area contributed by atoms with Crippen LogP contribution in [-0.2, 0) is 0 Å². The van der Waals surface area contributed by atoms with E-state index in [4.69, 9.17) is 0 Å². The molecule has 0 aliphatic carbocycles. The van der Waals surface area contributed by atoms with Crippen LogP contribution >= 0.6 is 0 Å². The van der Waals surface area contributed by atoms with Gasteiger partial charge >= 0.3 is 0 Å². The van der Waals surface area contributed by atoms with Gasteiger partial charge in [0, 0.05) is 17.5 Å². The van der Waals surface area contributed by atoms with Crippen LogP contribution in [0.25, 0.3) is 0 Å². The fourth-order valence-corrected chi connectivity index (χ4v) is 2.20. The summed E-state index contributed by atoms with van der Waals surface area (Å²) in [5.74, 6) is 2.54. The van der Waals surface area contributed by atoms with Gasteiger partial charge in [-0.2, -0.15) is 0 Å². The fraction of sp³-hybridized carbons (Fsp3) is 0. The minimum Gasteiger partial charge on any atom is -0.279 e. The van der Waals surface area contributed by atoms with Crippen LogP contribution in [0, 0.1) is 12.0 Å². The Bertz CT molecular complexity index is 791. The van der Waals surface area contributed by atoms with Gasteiger partial charge in [-0.05, 0) is 24.3 Å². The quantitative estimate of drug-likeness (QED) is 0.398. The predicted molar refractivity (Wildman–Crippen MR) is 93.6 cm³/mol. The molecule has 0 spiro atoms. The number of hydrogen-bond acceptors (Lipinski definition) is 2. The average Bonchev–Trinajstić information content (AvgIpc) is 2.64. The Labute approximate surface area is 136 Å². The van der Waals surface area contributed by atoms with E-state index in [0.29, 0.717) is 5.56 Å². The maximum absolute atomic E-state index is 12.2. The first-order valence-electron chi connectivity index (χ1n) is 7.36. The first-order valence-corrected chi connectivity index (χ1v) is 7.36. The van der Waals surface area contributed by atoms with Crippen LogP contribution in [0.2, 0.25) is 0 Å². The van der Waals surface area contributed by atoms with E-state index in [1.165, 1.54) is 0 Å². The molecule has 0 aromatic heterocycles. The summed E-state index contributed by atoms with van der Waals surface area (Å²) in [7, 11) is 0. The summed E-state index contributed by atoms with van der Waals surface area (Å²) in [5, 5.41) is 0. The normalized spacial score (nSPS) is 9.57. The second-order valence-electron chi connectivity index (χ2n) is 4.94. The van der Waals surface area contributed by atoms with Gasteiger partial charge in [0.05, 0.1) is 11.4 Å². The molecule has 3 aromatic rings. The van der Waals surface area contributed by atoms with Gasteiger partial charge in [0.1, 0.15) is 0 Å². The molecule has 0 aliphatic rings. The maximum Gasteiger partial charge on any atom is 0.237 e. The van der Waals surface area contributed by atoms with E-state index in [9.17, 15) is 4.79 Å². The Morgan fingerprint density at radius 1 is 0.652 bits per heavy atom. The van der Waals surface area contributed by atoms with Crippen LogP contribution in [0.4, 0.5) is 11.4 Å². The Balaban J connectivity index is 1.95. The molecule has 0 heterocycles. The highest BCUT2D eigenvalue weighted by Gasteiger charge is 2.06. The third-order valence-corrected chi connectivity index (χ3v) is 3.35. The van der Waals surface area contributed by atoms with Crippen LogP contribution in [0.15, 0.2) is 91.0 Å². The monoisotopic (exact) mass is 297 g/mol. The number of Topliss-reactive ketones (excluding diaryl/α,β-unsaturated/α-hetero) is 1. The molecule has 0 unspecified atom stereocenters. The molecule has 3 rings (SSSR count). The lowest BCUT2D eigenvalue weighted by atomic mass is 10.1. The summed E-state index contributed by atoms with van der Waals surface area (Å²) in [6.45, 7) is 0. The van der Waals surface area contributed by atoms with Crippen molar-refractivity contribution in [2.24, 2.45) is 0 Å². The van der Waals surface area contributed by atoms with Crippen molar-refractivity contribution in [3.63, 3.8) is 0 Å². The minimum atomic E-state index is -0.192. The molecule has 0 saturated heterocycles. The van der Waals surface area contributed by atoms with Crippen LogP contribution in [-0.4, -0.2) is 5.78 Å². The van der Waals surface area contributed by atoms with Crippen LogP contribution in [0.1, 0.15) is 10.4 Å². The van der Waals surface area contributed by atoms with Crippen molar-refractivity contribution >= 4 is 17.2 Å². The van der Waals surface area contributed by atoms with Crippen molar-refractivity contribution in [3.8, 4) is 12.0 Å². The fourth-order valence-electron chi connectivity index (χ4n) is 2.20. The summed E-state index contributed by atoms with van der Waals surface area (Å²) in [5.41, 5.74) is 2.44. The van der Waals surface area contributed by atoms with Gasteiger partial charge in [-0.1, -0.05) is 66.7 Å². The number of carbonyl (C=O) groups excluding carboxylic acids is 1. The molecule has 0 bridgehead atoms. The molecule has 110 valence electrons. The van der Waals surface area contributed by atoms with Crippen molar-refractivity contribution in [1.82, 2.24) is 0 Å². The van der Waals surface area contributed by atoms with E-state index < -0.39 is 0 Å². The van der Waals surface area contributed by atoms with Crippen molar-refractivity contribution in [2.45, 2.75) is 0 Å². The van der Waals surface area contributed by atoms with Gasteiger partial charge in [-0.15, -0.1) is 0 Å². The lowest BCUT2D eigenvalue weighted by Crippen LogP contribution is -2.10. The van der Waals surface area contributed by atoms with Gasteiger partial charge in [0.15, 0.2) is 0 Å². The van der Waals surface area contributed by atoms with Gasteiger partial charge in [0.2, 0.25) is 5.78 Å². The van der Waals surface area contributed by atoms with Crippen molar-refractivity contribution < 1.29 is 4.79 Å². The second kappa shape index (κ2) is 7.11. The van der Waals surface area contributed by atoms with E-state index >= 15 is 0 Å². The Kier molecular flexibility index (Phi) is 4.52. The molecule has 0 fully saturated rings. The molecule has 0 saturated carbocycles. The van der Waals surface area contributed by atoms with Gasteiger partial charge in [-0.25, -0.2) is 0 Å². The minimum absolute atomic E-state index is 0.192. The van der Waals surface area contributed by atoms with E-state index in [1.807, 2.05) is 83.8 Å². The molecule has 0 atom stereocenters. The van der Waals surface area contributed by atoms with E-state index in [-0.39, 0.29) is 5.78 Å². The molecule has 0 amide bonds. The lowest BCUT2D eigenvalue weighted by molar-refractivity contribution is 0.105. The molecule has 0 N–H and O–H groups in total. The molecule has 2 nitrogen and oxygen atoms in total. The van der Waals surface area contributed by atoms with Gasteiger partial charge < -0.3 is 0 Å². The zero-order valence-electron chi connectivity index (χ0n) is 12.5. The molecule has 0 radical (unpaired) electrons. The Hall–Kier alpha value is -3.31. The number of nitrogens with zero attached hydrogens (tertiary/aromatic N) is 1. The first-order chi connectivity index (χ1) is 11.3. The number of anilines is 2. The topological polar surface area (TPSA) is 20.3 Å². The number of rotatable bonds is 3. The molecule has 3 aromatic carbocycles. The molecule has 2 heteroatoms. The Morgan fingerprint density at radius 2 is 1.09 bits per heavy atom. The van der Waals surface area contributed by atoms with Crippen LogP contribution in [0.3, 0.4) is 0 Å². The third kappa shape index (κ3) is 3.66. The maximum atomic E-state index is 12.2. The predicted octanol–water partition coefficient (Wildman–Crippen LogP) is 4.67. The molecule has 23 heavy (non-hydrogen) atoms. The number of carbonyl (C=O) groups is 1. The number of hydrogen-bond donors (Lipinski definition) is 0. The Morgan fingerprint density at radius 3 is 1.57 bits per heavy atom. The molecular weight excluding hydrogens is 282 g/mol. The summed E-state index contributed by atoms with van der Waals surface area (Å²) in [4.78, 5) is 14.0. The number of para-hydroxylation sites is 2. The van der Waals surface area contributed by atoms with Crippen molar-refractivity contribution in [3.05, 3.63) is 96.6 Å².